The van der Waals surface area contributed by atoms with Crippen molar-refractivity contribution in [3.05, 3.63) is 68.6 Å². The van der Waals surface area contributed by atoms with Crippen molar-refractivity contribution in [2.45, 2.75) is 51.7 Å². The summed E-state index contributed by atoms with van der Waals surface area (Å²) in [7, 11) is 1.34. The molecule has 34 heavy (non-hydrogen) atoms. The number of benzene rings is 2. The van der Waals surface area contributed by atoms with Crippen LogP contribution in [0.2, 0.25) is 0 Å². The minimum atomic E-state index is -0.990. The Hall–Kier alpha value is -2.23. The predicted molar refractivity (Wildman–Crippen MR) is 137 cm³/mol. The van der Waals surface area contributed by atoms with E-state index in [2.05, 4.69) is 36.6 Å². The number of ether oxygens (including phenoxy) is 2. The van der Waals surface area contributed by atoms with Crippen LogP contribution in [0.5, 0.6) is 0 Å². The number of hydrogen-bond acceptors (Lipinski definition) is 6. The van der Waals surface area contributed by atoms with Crippen LogP contribution in [-0.2, 0) is 36.7 Å². The molecule has 0 heterocycles. The first-order valence-corrected chi connectivity index (χ1v) is 12.2. The molecule has 0 radical (unpaired) electrons. The molecule has 2 rings (SSSR count). The summed E-state index contributed by atoms with van der Waals surface area (Å²) in [5, 5.41) is 9.23. The molecule has 2 aromatic rings. The van der Waals surface area contributed by atoms with E-state index in [0.29, 0.717) is 12.8 Å². The Morgan fingerprint density at radius 2 is 1.47 bits per heavy atom. The van der Waals surface area contributed by atoms with Crippen LogP contribution in [0.25, 0.3) is 0 Å². The molecule has 2 atom stereocenters. The lowest BCUT2D eigenvalue weighted by molar-refractivity contribution is -0.159. The van der Waals surface area contributed by atoms with Gasteiger partial charge in [0.15, 0.2) is 0 Å². The third-order valence-corrected chi connectivity index (χ3v) is 5.39. The summed E-state index contributed by atoms with van der Waals surface area (Å²) in [6, 6.07) is 14.5. The first kappa shape index (κ1) is 29.8. The molecule has 7 nitrogen and oxygen atoms in total. The Bertz CT molecular complexity index is 974. The van der Waals surface area contributed by atoms with Gasteiger partial charge < -0.3 is 20.3 Å². The van der Waals surface area contributed by atoms with E-state index in [-0.39, 0.29) is 12.4 Å². The van der Waals surface area contributed by atoms with Gasteiger partial charge in [-0.2, -0.15) is 0 Å². The number of esters is 2. The van der Waals surface area contributed by atoms with Gasteiger partial charge in [-0.1, -0.05) is 56.1 Å². The summed E-state index contributed by atoms with van der Waals surface area (Å²) in [6.07, 6.45) is 0.666. The van der Waals surface area contributed by atoms with Crippen molar-refractivity contribution in [2.24, 2.45) is 11.7 Å². The largest absolute Gasteiger partial charge is 0.481 e. The lowest BCUT2D eigenvalue weighted by atomic mass is 9.96. The molecule has 0 spiro atoms. The smallest absolute Gasteiger partial charge is 0.322 e. The Morgan fingerprint density at radius 3 is 1.88 bits per heavy atom. The molecule has 2 aromatic carbocycles. The number of carboxylic acid groups (broad SMARTS) is 1. The molecule has 186 valence electrons. The van der Waals surface area contributed by atoms with E-state index in [0.717, 1.165) is 20.1 Å². The van der Waals surface area contributed by atoms with Gasteiger partial charge in [0.25, 0.3) is 0 Å². The maximum absolute atomic E-state index is 11.7. The maximum Gasteiger partial charge on any atom is 0.322 e. The van der Waals surface area contributed by atoms with Crippen molar-refractivity contribution in [1.29, 1.82) is 0 Å². The lowest BCUT2D eigenvalue weighted by Gasteiger charge is -2.21. The molecule has 0 aliphatic heterocycles. The van der Waals surface area contributed by atoms with Gasteiger partial charge in [0.1, 0.15) is 11.6 Å². The van der Waals surface area contributed by atoms with E-state index in [1.54, 1.807) is 20.8 Å². The standard InChI is InChI=1S/C15H19BrO4.C10H12BrNO2/c1-15(2,3)20-13(17)9-11(14(18)19)7-10-5-4-6-12(16)8-10;1-14-10(13)9(12)6-7-3-2-4-8(11)5-7/h4-6,8,11H,7,9H2,1-3H3,(H,18,19);2-5,9H,6,12H2,1H3/t11-;9-/m10/s1. The second-order valence-corrected chi connectivity index (χ2v) is 10.5. The Balaban J connectivity index is 0.000000362. The van der Waals surface area contributed by atoms with Crippen molar-refractivity contribution in [3.63, 3.8) is 0 Å². The average Bonchev–Trinajstić information content (AvgIpc) is 2.71. The number of methoxy groups -OCH3 is 1. The van der Waals surface area contributed by atoms with Gasteiger partial charge in [0.05, 0.1) is 19.4 Å². The van der Waals surface area contributed by atoms with Crippen molar-refractivity contribution in [3.8, 4) is 0 Å². The van der Waals surface area contributed by atoms with E-state index in [9.17, 15) is 19.5 Å². The fraction of sp³-hybridized carbons (Fsp3) is 0.400. The molecule has 3 N–H and O–H groups in total. The monoisotopic (exact) mass is 599 g/mol. The van der Waals surface area contributed by atoms with Crippen LogP contribution < -0.4 is 5.73 Å². The van der Waals surface area contributed by atoms with Crippen molar-refractivity contribution < 1.29 is 29.0 Å². The quantitative estimate of drug-likeness (QED) is 0.413. The molecule has 0 aliphatic carbocycles. The molecule has 0 aromatic heterocycles. The highest BCUT2D eigenvalue weighted by Crippen LogP contribution is 2.19. The van der Waals surface area contributed by atoms with E-state index in [1.807, 2.05) is 48.5 Å². The third kappa shape index (κ3) is 12.3. The van der Waals surface area contributed by atoms with Gasteiger partial charge in [-0.25, -0.2) is 0 Å². The zero-order chi connectivity index (χ0) is 25.9. The van der Waals surface area contributed by atoms with Gasteiger partial charge in [-0.3, -0.25) is 14.4 Å². The summed E-state index contributed by atoms with van der Waals surface area (Å²) < 4.78 is 11.6. The van der Waals surface area contributed by atoms with Crippen LogP contribution in [0.15, 0.2) is 57.5 Å². The second kappa shape index (κ2) is 14.2. The van der Waals surface area contributed by atoms with Crippen LogP contribution in [0.3, 0.4) is 0 Å². The zero-order valence-corrected chi connectivity index (χ0v) is 22.9. The van der Waals surface area contributed by atoms with Crippen molar-refractivity contribution in [1.82, 2.24) is 0 Å². The molecule has 0 amide bonds. The first-order valence-electron chi connectivity index (χ1n) is 10.6. The van der Waals surface area contributed by atoms with Gasteiger partial charge >= 0.3 is 17.9 Å². The van der Waals surface area contributed by atoms with Crippen LogP contribution in [0.1, 0.15) is 38.3 Å². The van der Waals surface area contributed by atoms with Crippen LogP contribution in [0.4, 0.5) is 0 Å². The van der Waals surface area contributed by atoms with Crippen molar-refractivity contribution in [2.75, 3.05) is 7.11 Å². The number of carboxylic acids is 1. The van der Waals surface area contributed by atoms with Crippen LogP contribution >= 0.6 is 31.9 Å². The summed E-state index contributed by atoms with van der Waals surface area (Å²) >= 11 is 6.69. The van der Waals surface area contributed by atoms with Crippen LogP contribution in [-0.4, -0.2) is 41.8 Å². The average molecular weight is 601 g/mol. The molecule has 9 heteroatoms. The minimum Gasteiger partial charge on any atom is -0.481 e. The highest BCUT2D eigenvalue weighted by Gasteiger charge is 2.25. The molecule has 0 saturated heterocycles. The zero-order valence-electron chi connectivity index (χ0n) is 19.7. The van der Waals surface area contributed by atoms with Gasteiger partial charge in [-0.05, 0) is 69.0 Å². The highest BCUT2D eigenvalue weighted by molar-refractivity contribution is 9.10. The Morgan fingerprint density at radius 1 is 0.971 bits per heavy atom. The molecular formula is C25H31Br2NO6. The molecular weight excluding hydrogens is 570 g/mol. The second-order valence-electron chi connectivity index (χ2n) is 8.62. The van der Waals surface area contributed by atoms with E-state index < -0.39 is 29.5 Å². The molecule has 0 aliphatic rings. The summed E-state index contributed by atoms with van der Waals surface area (Å²) in [5.74, 6) is -2.64. The third-order valence-electron chi connectivity index (χ3n) is 4.40. The maximum atomic E-state index is 11.7. The number of halogens is 2. The van der Waals surface area contributed by atoms with Gasteiger partial charge in [0.2, 0.25) is 0 Å². The van der Waals surface area contributed by atoms with Gasteiger partial charge in [0, 0.05) is 8.95 Å². The number of carbonyl (C=O) groups excluding carboxylic acids is 2. The molecule has 0 saturated carbocycles. The normalized spacial score (nSPS) is 12.6. The number of aliphatic carboxylic acids is 1. The summed E-state index contributed by atoms with van der Waals surface area (Å²) in [5.41, 5.74) is 6.90. The topological polar surface area (TPSA) is 116 Å². The highest BCUT2D eigenvalue weighted by atomic mass is 79.9. The van der Waals surface area contributed by atoms with E-state index >= 15 is 0 Å². The van der Waals surface area contributed by atoms with Gasteiger partial charge in [-0.15, -0.1) is 0 Å². The SMILES string of the molecule is CC(C)(C)OC(=O)C[C@@H](Cc1cccc(Br)c1)C(=O)O.COC(=O)[C@@H](N)Cc1cccc(Br)c1. The fourth-order valence-corrected chi connectivity index (χ4v) is 3.83. The Kier molecular flexibility index (Phi) is 12.5. The van der Waals surface area contributed by atoms with Crippen molar-refractivity contribution >= 4 is 49.8 Å². The number of carbonyl (C=O) groups is 3. The molecule has 0 fully saturated rings. The Labute approximate surface area is 217 Å². The summed E-state index contributed by atoms with van der Waals surface area (Å²) in [6.45, 7) is 5.28. The van der Waals surface area contributed by atoms with E-state index in [4.69, 9.17) is 10.5 Å². The molecule has 0 bridgehead atoms. The molecule has 0 unspecified atom stereocenters. The lowest BCUT2D eigenvalue weighted by Crippen LogP contribution is -2.33. The fourth-order valence-electron chi connectivity index (χ4n) is 2.93. The van der Waals surface area contributed by atoms with Crippen LogP contribution in [0, 0.1) is 5.92 Å². The van der Waals surface area contributed by atoms with E-state index in [1.165, 1.54) is 7.11 Å². The number of nitrogens with two attached hydrogens (primary N) is 1. The first-order chi connectivity index (χ1) is 15.8. The predicted octanol–water partition coefficient (Wildman–Crippen LogP) is 4.92. The minimum absolute atomic E-state index is 0.126. The summed E-state index contributed by atoms with van der Waals surface area (Å²) in [4.78, 5) is 34.0. The number of hydrogen-bond donors (Lipinski definition) is 2. The number of rotatable bonds is 8.